The van der Waals surface area contributed by atoms with Crippen molar-refractivity contribution in [2.24, 2.45) is 0 Å². The molecule has 6 amide bonds. The molecule has 0 spiro atoms. The Balaban J connectivity index is 1.07. The van der Waals surface area contributed by atoms with E-state index in [1.54, 1.807) is 0 Å². The molecule has 100 heavy (non-hydrogen) atoms. The lowest BCUT2D eigenvalue weighted by Crippen LogP contribution is -2.64. The maximum Gasteiger partial charge on any atom is 0.472 e. The van der Waals surface area contributed by atoms with Gasteiger partial charge in [0.25, 0.3) is 0 Å². The molecule has 6 rings (SSSR count). The van der Waals surface area contributed by atoms with Crippen LogP contribution in [0, 0.1) is 0 Å². The van der Waals surface area contributed by atoms with Crippen molar-refractivity contribution in [1.82, 2.24) is 30.7 Å². The molecule has 40 nitrogen and oxygen atoms in total. The molecule has 6 fully saturated rings. The van der Waals surface area contributed by atoms with Gasteiger partial charge in [-0.2, -0.15) is 0 Å². The van der Waals surface area contributed by atoms with Crippen molar-refractivity contribution >= 4 is 58.9 Å². The normalized spacial score (nSPS) is 34.4. The number of nitrogens with zero attached hydrogens (tertiary/aromatic N) is 3. The van der Waals surface area contributed by atoms with E-state index in [4.69, 9.17) is 55.6 Å². The van der Waals surface area contributed by atoms with Crippen molar-refractivity contribution in [1.29, 1.82) is 0 Å². The lowest BCUT2D eigenvalue weighted by molar-refractivity contribution is -0.270. The first-order valence-corrected chi connectivity index (χ1v) is 37.6. The highest BCUT2D eigenvalue weighted by Crippen LogP contribution is 2.51. The molecular formula is C57H101N6O34P3. The van der Waals surface area contributed by atoms with Crippen molar-refractivity contribution < 1.29 is 164 Å². The van der Waals surface area contributed by atoms with Gasteiger partial charge >= 0.3 is 23.5 Å². The summed E-state index contributed by atoms with van der Waals surface area (Å²) in [6.07, 6.45) is -21.7. The lowest BCUT2D eigenvalue weighted by atomic mass is 9.97. The number of nitrogens with one attached hydrogen (secondary N) is 3. The summed E-state index contributed by atoms with van der Waals surface area (Å²) in [6.45, 7) is 1.06. The van der Waals surface area contributed by atoms with Crippen LogP contribution in [0.25, 0.3) is 0 Å². The first-order chi connectivity index (χ1) is 47.1. The second kappa shape index (κ2) is 39.7. The molecule has 0 aliphatic carbocycles. The molecule has 6 aliphatic rings. The van der Waals surface area contributed by atoms with Gasteiger partial charge in [0.05, 0.1) is 82.2 Å². The van der Waals surface area contributed by atoms with E-state index in [1.807, 2.05) is 0 Å². The van der Waals surface area contributed by atoms with E-state index in [2.05, 4.69) is 16.0 Å². The Morgan fingerprint density at radius 3 is 1.01 bits per heavy atom. The molecule has 0 radical (unpaired) electrons. The molecule has 6 heterocycles. The highest BCUT2D eigenvalue weighted by Gasteiger charge is 2.50. The topological polar surface area (TPSA) is 573 Å². The van der Waals surface area contributed by atoms with Crippen LogP contribution in [0.3, 0.4) is 0 Å². The molecular weight excluding hydrogens is 1410 g/mol. The number of rotatable bonds is 39. The zero-order valence-corrected chi connectivity index (χ0v) is 58.9. The summed E-state index contributed by atoms with van der Waals surface area (Å²) in [5.41, 5.74) is 0. The largest absolute Gasteiger partial charge is 0.472 e. The number of aliphatic hydroxyl groups is 10. The maximum atomic E-state index is 14.1. The number of amides is 6. The van der Waals surface area contributed by atoms with Gasteiger partial charge < -0.3 is 125 Å². The van der Waals surface area contributed by atoms with Gasteiger partial charge in [-0.25, -0.2) is 13.7 Å². The summed E-state index contributed by atoms with van der Waals surface area (Å²) in [5.74, 6) is -3.38. The summed E-state index contributed by atoms with van der Waals surface area (Å²) < 4.78 is 107. The lowest BCUT2D eigenvalue weighted by Gasteiger charge is -2.42. The third-order valence-corrected chi connectivity index (χ3v) is 20.6. The van der Waals surface area contributed by atoms with Crippen molar-refractivity contribution in [3.8, 4) is 0 Å². The maximum absolute atomic E-state index is 14.1. The molecule has 24 atom stereocenters. The second-order valence-electron chi connectivity index (χ2n) is 25.6. The minimum atomic E-state index is -5.21. The van der Waals surface area contributed by atoms with Crippen molar-refractivity contribution in [2.45, 2.75) is 246 Å². The molecule has 0 bridgehead atoms. The van der Waals surface area contributed by atoms with E-state index in [-0.39, 0.29) is 110 Å². The molecule has 16 N–H and O–H groups in total. The van der Waals surface area contributed by atoms with Crippen LogP contribution in [-0.4, -0.2) is 329 Å². The standard InChI is InChI=1S/C57H101N6O34P3/c1-30(2)94-100(84,85)97-39-20-36(63(23-39)45(73)14-8-11-17-88-57-48(60-33(5)70)54(79)51(76)42(27-67)93-57)29-90-99(82,83)96-38-19-35(62(22-38)44(72)13-7-10-16-87-56-47(59-32(4)69)53(78)50(75)41(26-66)92-56)28-89-98(80,81)95-37-18-34(24-64)61(21-37)43(71)12-6-9-15-86-55-46(58-31(3)68)52(77)49(74)40(25-65)91-55/h30,34-42,46-57,64-67,74-79H,6-29H2,1-5H3,(H,58,68)(H,59,69)(H,60,70)(H,80,81)(H,82,83)(H,84,85)/t34-,35-,36-,37+,38+,39+,40?,41?,42?,46?,47?,48?,49?,50?,51?,52?,53?,54?,55?,56?,57?/m0/s1. The van der Waals surface area contributed by atoms with E-state index in [1.165, 1.54) is 37.5 Å². The number of carbonyl (C=O) groups is 6. The van der Waals surface area contributed by atoms with Crippen LogP contribution < -0.4 is 16.0 Å². The van der Waals surface area contributed by atoms with Crippen LogP contribution in [0.1, 0.15) is 112 Å². The number of likely N-dealkylation sites (tertiary alicyclic amines) is 3. The summed E-state index contributed by atoms with van der Waals surface area (Å²) in [4.78, 5) is 114. The average molecular weight is 1510 g/mol. The fraction of sp³-hybridized carbons (Fsp3) is 0.895. The predicted molar refractivity (Wildman–Crippen MR) is 335 cm³/mol. The zero-order chi connectivity index (χ0) is 74.0. The summed E-state index contributed by atoms with van der Waals surface area (Å²) >= 11 is 0. The summed E-state index contributed by atoms with van der Waals surface area (Å²) in [5, 5.41) is 109. The molecule has 0 saturated carbocycles. The Morgan fingerprint density at radius 2 is 0.730 bits per heavy atom. The van der Waals surface area contributed by atoms with Gasteiger partial charge in [-0.05, 0) is 71.6 Å². The number of phosphoric ester groups is 3. The SMILES string of the molecule is CC(=O)NC1C(OCCCCC(=O)N2C[C@H](OP(=O)(O)OC[C@@H]3C[C@@H](OP(=O)(O)OC[C@@H]4C[C@@H](OP(=O)(O)OC(C)C)CN4C(=O)CCCCOC4OC(CO)C(O)C(O)C4NC(C)=O)CN3C(=O)CCCCOC3OC(CO)C(O)C(O)C3NC(C)=O)C[C@H]2CO)OC(CO)C(O)C1O. The minimum absolute atomic E-state index is 0.0594. The van der Waals surface area contributed by atoms with Crippen LogP contribution in [0.15, 0.2) is 0 Å². The third kappa shape index (κ3) is 25.4. The fourth-order valence-electron chi connectivity index (χ4n) is 12.5. The van der Waals surface area contributed by atoms with Crippen LogP contribution in [0.4, 0.5) is 0 Å². The number of aliphatic hydroxyl groups excluding tert-OH is 10. The second-order valence-corrected chi connectivity index (χ2v) is 29.8. The zero-order valence-electron chi connectivity index (χ0n) is 56.2. The van der Waals surface area contributed by atoms with Crippen molar-refractivity contribution in [3.05, 3.63) is 0 Å². The smallest absolute Gasteiger partial charge is 0.394 e. The fourth-order valence-corrected chi connectivity index (χ4v) is 15.5. The van der Waals surface area contributed by atoms with Gasteiger partial charge in [0, 0.05) is 79.5 Å². The number of hydrogen-bond donors (Lipinski definition) is 16. The molecule has 0 aromatic carbocycles. The molecule has 0 aromatic heterocycles. The highest BCUT2D eigenvalue weighted by molar-refractivity contribution is 7.48. The highest BCUT2D eigenvalue weighted by atomic mass is 31.2. The van der Waals surface area contributed by atoms with E-state index in [0.29, 0.717) is 0 Å². The number of phosphoric acid groups is 3. The number of ether oxygens (including phenoxy) is 6. The van der Waals surface area contributed by atoms with E-state index in [9.17, 15) is 108 Å². The predicted octanol–water partition coefficient (Wildman–Crippen LogP) is -4.91. The van der Waals surface area contributed by atoms with E-state index >= 15 is 0 Å². The monoisotopic (exact) mass is 1510 g/mol. The van der Waals surface area contributed by atoms with Crippen molar-refractivity contribution in [3.63, 3.8) is 0 Å². The Bertz CT molecular complexity index is 2790. The van der Waals surface area contributed by atoms with Crippen LogP contribution in [0.5, 0.6) is 0 Å². The molecule has 6 saturated heterocycles. The molecule has 6 aliphatic heterocycles. The Hall–Kier alpha value is -3.49. The number of hydrogen-bond acceptors (Lipinski definition) is 31. The van der Waals surface area contributed by atoms with E-state index < -0.39 is 240 Å². The van der Waals surface area contributed by atoms with Gasteiger partial charge in [-0.3, -0.25) is 55.9 Å². The molecule has 43 heteroatoms. The summed E-state index contributed by atoms with van der Waals surface area (Å²) in [6, 6.07) is -6.78. The Labute approximate surface area is 576 Å². The first kappa shape index (κ1) is 85.4. The number of unbranched alkanes of at least 4 members (excludes halogenated alkanes) is 3. The third-order valence-electron chi connectivity index (χ3n) is 17.3. The quantitative estimate of drug-likeness (QED) is 0.0203. The average Bonchev–Trinajstić information content (AvgIpc) is 0.868. The summed E-state index contributed by atoms with van der Waals surface area (Å²) in [7, 11) is -15.0. The van der Waals surface area contributed by atoms with Gasteiger partial charge in [-0.15, -0.1) is 0 Å². The van der Waals surface area contributed by atoms with Crippen molar-refractivity contribution in [2.75, 3.05) is 79.1 Å². The molecule has 578 valence electrons. The van der Waals surface area contributed by atoms with Crippen LogP contribution in [0.2, 0.25) is 0 Å². The Morgan fingerprint density at radius 1 is 0.440 bits per heavy atom. The van der Waals surface area contributed by atoms with Crippen LogP contribution >= 0.6 is 23.5 Å². The Kier molecular flexibility index (Phi) is 34.0. The van der Waals surface area contributed by atoms with Gasteiger partial charge in [0.15, 0.2) is 18.9 Å². The molecule has 0 aromatic rings. The van der Waals surface area contributed by atoms with Crippen LogP contribution in [-0.2, 0) is 98.0 Å². The minimum Gasteiger partial charge on any atom is -0.394 e. The number of carbonyl (C=O) groups excluding carboxylic acids is 6. The van der Waals surface area contributed by atoms with Gasteiger partial charge in [0.1, 0.15) is 73.1 Å². The van der Waals surface area contributed by atoms with Gasteiger partial charge in [-0.1, -0.05) is 0 Å². The molecule has 18 unspecified atom stereocenters. The van der Waals surface area contributed by atoms with Gasteiger partial charge in [0.2, 0.25) is 35.4 Å². The first-order valence-electron chi connectivity index (χ1n) is 33.1. The van der Waals surface area contributed by atoms with E-state index in [0.717, 1.165) is 11.8 Å².